The Morgan fingerprint density at radius 1 is 1.38 bits per heavy atom. The van der Waals surface area contributed by atoms with E-state index in [9.17, 15) is 9.59 Å². The highest BCUT2D eigenvalue weighted by atomic mass is 35.5. The lowest BCUT2D eigenvalue weighted by atomic mass is 10.3. The molecule has 1 rings (SSSR count). The number of carbonyl (C=O) groups is 2. The molecule has 0 spiro atoms. The summed E-state index contributed by atoms with van der Waals surface area (Å²) in [5.74, 6) is -0.437. The Labute approximate surface area is 140 Å². The van der Waals surface area contributed by atoms with Gasteiger partial charge in [-0.25, -0.2) is 9.78 Å². The number of halogens is 2. The van der Waals surface area contributed by atoms with E-state index in [1.165, 1.54) is 11.3 Å². The molecule has 0 fully saturated rings. The second-order valence-corrected chi connectivity index (χ2v) is 4.77. The minimum absolute atomic E-state index is 0. The first-order valence-electron chi connectivity index (χ1n) is 6.20. The van der Waals surface area contributed by atoms with Gasteiger partial charge in [-0.1, -0.05) is 0 Å². The lowest BCUT2D eigenvalue weighted by Crippen LogP contribution is -2.23. The number of carbonyl (C=O) groups excluding carboxylic acids is 2. The van der Waals surface area contributed by atoms with Crippen molar-refractivity contribution in [2.45, 2.75) is 26.3 Å². The van der Waals surface area contributed by atoms with Gasteiger partial charge < -0.3 is 15.4 Å². The van der Waals surface area contributed by atoms with E-state index >= 15 is 0 Å². The van der Waals surface area contributed by atoms with Gasteiger partial charge in [0.2, 0.25) is 5.91 Å². The molecule has 0 saturated carbocycles. The number of nitrogens with zero attached hydrogens (tertiary/aromatic N) is 1. The molecule has 1 aromatic heterocycles. The Morgan fingerprint density at radius 3 is 2.71 bits per heavy atom. The van der Waals surface area contributed by atoms with Gasteiger partial charge in [0.25, 0.3) is 0 Å². The fraction of sp³-hybridized carbons (Fsp3) is 0.583. The molecule has 0 aliphatic carbocycles. The standard InChI is InChI=1S/C12H19N3O3S.2ClH/c1-3-18-12(17)9-8-19-11(15-9)7-14-10(16)5-4-6-13-2;;/h8,13H,3-7H2,1-2H3,(H,14,16);2*1H. The Morgan fingerprint density at radius 2 is 2.10 bits per heavy atom. The van der Waals surface area contributed by atoms with E-state index < -0.39 is 5.97 Å². The Kier molecular flexibility index (Phi) is 13.7. The van der Waals surface area contributed by atoms with Crippen molar-refractivity contribution in [3.63, 3.8) is 0 Å². The summed E-state index contributed by atoms with van der Waals surface area (Å²) in [6.45, 7) is 3.24. The highest BCUT2D eigenvalue weighted by Gasteiger charge is 2.11. The van der Waals surface area contributed by atoms with Crippen LogP contribution in [0.2, 0.25) is 0 Å². The van der Waals surface area contributed by atoms with Crippen LogP contribution in [0.25, 0.3) is 0 Å². The molecule has 1 aromatic rings. The third-order valence-corrected chi connectivity index (χ3v) is 3.15. The molecule has 2 N–H and O–H groups in total. The van der Waals surface area contributed by atoms with Crippen LogP contribution in [0.3, 0.4) is 0 Å². The first-order chi connectivity index (χ1) is 9.17. The average molecular weight is 358 g/mol. The number of hydrogen-bond acceptors (Lipinski definition) is 6. The number of nitrogens with one attached hydrogen (secondary N) is 2. The molecular weight excluding hydrogens is 337 g/mol. The van der Waals surface area contributed by atoms with Crippen molar-refractivity contribution in [2.75, 3.05) is 20.2 Å². The summed E-state index contributed by atoms with van der Waals surface area (Å²) in [6, 6.07) is 0. The largest absolute Gasteiger partial charge is 0.461 e. The predicted molar refractivity (Wildman–Crippen MR) is 87.6 cm³/mol. The highest BCUT2D eigenvalue weighted by molar-refractivity contribution is 7.09. The molecule has 1 heterocycles. The quantitative estimate of drug-likeness (QED) is 0.547. The predicted octanol–water partition coefficient (Wildman–Crippen LogP) is 1.78. The van der Waals surface area contributed by atoms with Gasteiger partial charge in [-0.15, -0.1) is 36.2 Å². The molecule has 0 unspecified atom stereocenters. The van der Waals surface area contributed by atoms with E-state index in [-0.39, 0.29) is 30.7 Å². The van der Waals surface area contributed by atoms with Crippen LogP contribution in [0.15, 0.2) is 5.38 Å². The lowest BCUT2D eigenvalue weighted by molar-refractivity contribution is -0.121. The van der Waals surface area contributed by atoms with Crippen molar-refractivity contribution in [2.24, 2.45) is 0 Å². The van der Waals surface area contributed by atoms with Gasteiger partial charge in [0, 0.05) is 11.8 Å². The van der Waals surface area contributed by atoms with Crippen molar-refractivity contribution in [3.8, 4) is 0 Å². The van der Waals surface area contributed by atoms with Gasteiger partial charge in [0.15, 0.2) is 5.69 Å². The monoisotopic (exact) mass is 357 g/mol. The van der Waals surface area contributed by atoms with Crippen LogP contribution in [0.5, 0.6) is 0 Å². The number of hydrogen-bond donors (Lipinski definition) is 2. The van der Waals surface area contributed by atoms with Crippen LogP contribution in [-0.4, -0.2) is 37.1 Å². The number of aromatic nitrogens is 1. The summed E-state index contributed by atoms with van der Waals surface area (Å²) >= 11 is 1.34. The molecule has 6 nitrogen and oxygen atoms in total. The van der Waals surface area contributed by atoms with Gasteiger partial charge in [0.05, 0.1) is 13.2 Å². The summed E-state index contributed by atoms with van der Waals surface area (Å²) in [5.41, 5.74) is 0.297. The summed E-state index contributed by atoms with van der Waals surface area (Å²) in [5, 5.41) is 8.09. The third-order valence-electron chi connectivity index (χ3n) is 2.30. The number of rotatable bonds is 8. The second-order valence-electron chi connectivity index (χ2n) is 3.83. The van der Waals surface area contributed by atoms with Crippen LogP contribution in [0.4, 0.5) is 0 Å². The van der Waals surface area contributed by atoms with Crippen molar-refractivity contribution >= 4 is 48.0 Å². The molecule has 0 aliphatic rings. The van der Waals surface area contributed by atoms with E-state index in [2.05, 4.69) is 15.6 Å². The van der Waals surface area contributed by atoms with Crippen LogP contribution in [0, 0.1) is 0 Å². The van der Waals surface area contributed by atoms with Crippen molar-refractivity contribution in [1.82, 2.24) is 15.6 Å². The molecule has 0 saturated heterocycles. The molecule has 0 aromatic carbocycles. The lowest BCUT2D eigenvalue weighted by Gasteiger charge is -2.02. The molecule has 0 atom stereocenters. The number of amides is 1. The minimum atomic E-state index is -0.426. The first kappa shape index (κ1) is 22.4. The zero-order valence-electron chi connectivity index (χ0n) is 12.0. The summed E-state index contributed by atoms with van der Waals surface area (Å²) in [6.07, 6.45) is 1.28. The van der Waals surface area contributed by atoms with Crippen LogP contribution in [0.1, 0.15) is 35.3 Å². The molecule has 0 radical (unpaired) electrons. The van der Waals surface area contributed by atoms with Gasteiger partial charge in [-0.3, -0.25) is 4.79 Å². The average Bonchev–Trinajstić information content (AvgIpc) is 2.86. The summed E-state index contributed by atoms with van der Waals surface area (Å²) < 4.78 is 4.84. The topological polar surface area (TPSA) is 80.3 Å². The van der Waals surface area contributed by atoms with Crippen molar-refractivity contribution < 1.29 is 14.3 Å². The maximum atomic E-state index is 11.5. The van der Waals surface area contributed by atoms with Crippen LogP contribution >= 0.6 is 36.2 Å². The number of thiazole rings is 1. The molecular formula is C12H21Cl2N3O3S. The zero-order chi connectivity index (χ0) is 14.1. The first-order valence-corrected chi connectivity index (χ1v) is 7.08. The maximum Gasteiger partial charge on any atom is 0.357 e. The van der Waals surface area contributed by atoms with E-state index in [1.807, 2.05) is 7.05 Å². The van der Waals surface area contributed by atoms with E-state index in [0.717, 1.165) is 13.0 Å². The van der Waals surface area contributed by atoms with Gasteiger partial charge in [-0.2, -0.15) is 0 Å². The normalized spacial score (nSPS) is 9.24. The number of ether oxygens (including phenoxy) is 1. The maximum absolute atomic E-state index is 11.5. The Bertz CT molecular complexity index is 430. The SMILES string of the molecule is CCOC(=O)c1csc(CNC(=O)CCCNC)n1.Cl.Cl. The highest BCUT2D eigenvalue weighted by Crippen LogP contribution is 2.10. The zero-order valence-corrected chi connectivity index (χ0v) is 14.5. The molecule has 1 amide bonds. The fourth-order valence-corrected chi connectivity index (χ4v) is 2.08. The summed E-state index contributed by atoms with van der Waals surface area (Å²) in [4.78, 5) is 27.0. The number of esters is 1. The molecule has 21 heavy (non-hydrogen) atoms. The molecule has 0 bridgehead atoms. The minimum Gasteiger partial charge on any atom is -0.461 e. The second kappa shape index (κ2) is 12.8. The molecule has 9 heteroatoms. The van der Waals surface area contributed by atoms with E-state index in [4.69, 9.17) is 4.74 Å². The summed E-state index contributed by atoms with van der Waals surface area (Å²) in [7, 11) is 1.85. The Balaban J connectivity index is 0. The van der Waals surface area contributed by atoms with E-state index in [0.29, 0.717) is 30.3 Å². The van der Waals surface area contributed by atoms with E-state index in [1.54, 1.807) is 12.3 Å². The van der Waals surface area contributed by atoms with Gasteiger partial charge >= 0.3 is 5.97 Å². The van der Waals surface area contributed by atoms with Gasteiger partial charge in [-0.05, 0) is 26.9 Å². The molecule has 0 aliphatic heterocycles. The van der Waals surface area contributed by atoms with Crippen molar-refractivity contribution in [3.05, 3.63) is 16.1 Å². The van der Waals surface area contributed by atoms with Crippen molar-refractivity contribution in [1.29, 1.82) is 0 Å². The third kappa shape index (κ3) is 8.87. The van der Waals surface area contributed by atoms with Crippen LogP contribution < -0.4 is 10.6 Å². The van der Waals surface area contributed by atoms with Gasteiger partial charge in [0.1, 0.15) is 5.01 Å². The van der Waals surface area contributed by atoms with Crippen LogP contribution in [-0.2, 0) is 16.1 Å². The fourth-order valence-electron chi connectivity index (χ4n) is 1.38. The Hall–Kier alpha value is -0.890. The molecule has 122 valence electrons. The smallest absolute Gasteiger partial charge is 0.357 e.